The lowest BCUT2D eigenvalue weighted by molar-refractivity contribution is 0.337. The molecule has 0 spiro atoms. The van der Waals surface area contributed by atoms with Crippen LogP contribution >= 0.6 is 0 Å². The van der Waals surface area contributed by atoms with Gasteiger partial charge >= 0.3 is 0 Å². The van der Waals surface area contributed by atoms with Crippen molar-refractivity contribution in [3.05, 3.63) is 96.9 Å². The highest BCUT2D eigenvalue weighted by atomic mass is 32.2. The maximum absolute atomic E-state index is 13.6. The van der Waals surface area contributed by atoms with Crippen molar-refractivity contribution < 1.29 is 12.8 Å². The van der Waals surface area contributed by atoms with Crippen molar-refractivity contribution in [2.75, 3.05) is 6.54 Å². The Labute approximate surface area is 192 Å². The molecule has 0 radical (unpaired) electrons. The minimum Gasteiger partial charge on any atom is -0.439 e. The van der Waals surface area contributed by atoms with E-state index in [0.717, 1.165) is 33.8 Å². The first-order chi connectivity index (χ1) is 16.1. The van der Waals surface area contributed by atoms with Gasteiger partial charge in [-0.1, -0.05) is 66.7 Å². The van der Waals surface area contributed by atoms with Gasteiger partial charge in [0.2, 0.25) is 15.9 Å². The Balaban J connectivity index is 1.36. The predicted molar refractivity (Wildman–Crippen MR) is 129 cm³/mol. The van der Waals surface area contributed by atoms with Crippen molar-refractivity contribution in [3.63, 3.8) is 0 Å². The van der Waals surface area contributed by atoms with Gasteiger partial charge in [0.15, 0.2) is 5.58 Å². The van der Waals surface area contributed by atoms with E-state index in [1.807, 2.05) is 66.7 Å². The van der Waals surface area contributed by atoms with Crippen molar-refractivity contribution in [1.82, 2.24) is 9.29 Å². The van der Waals surface area contributed by atoms with Crippen LogP contribution in [0.3, 0.4) is 0 Å². The minimum absolute atomic E-state index is 0.301. The molecule has 6 heteroatoms. The maximum Gasteiger partial charge on any atom is 0.243 e. The molecule has 1 fully saturated rings. The van der Waals surface area contributed by atoms with Crippen molar-refractivity contribution in [1.29, 1.82) is 0 Å². The first-order valence-corrected chi connectivity index (χ1v) is 12.5. The van der Waals surface area contributed by atoms with Crippen LogP contribution in [0.1, 0.15) is 24.8 Å². The number of hydrogen-bond acceptors (Lipinski definition) is 4. The second-order valence-electron chi connectivity index (χ2n) is 8.38. The highest BCUT2D eigenvalue weighted by Crippen LogP contribution is 2.38. The van der Waals surface area contributed by atoms with Gasteiger partial charge in [0.25, 0.3) is 0 Å². The number of nitrogens with zero attached hydrogens (tertiary/aromatic N) is 2. The summed E-state index contributed by atoms with van der Waals surface area (Å²) in [5, 5.41) is 1.92. The van der Waals surface area contributed by atoms with Gasteiger partial charge in [0.05, 0.1) is 4.90 Å². The standard InChI is InChI=1S/C27H22N2O3S/c30-33(31,23-14-12-20-9-4-5-10-21(20)17-23)29-16-6-11-25(29)27-28-24-18-22(13-15-26(24)32-27)19-7-2-1-3-8-19/h1-5,7-10,12-15,17-18,25H,6,11,16H2/t25-/m0/s1. The first-order valence-electron chi connectivity index (χ1n) is 11.1. The fraction of sp³-hybridized carbons (Fsp3) is 0.148. The molecule has 1 aliphatic heterocycles. The molecule has 1 aromatic heterocycles. The summed E-state index contributed by atoms with van der Waals surface area (Å²) in [6.45, 7) is 0.452. The molecule has 6 rings (SSSR count). The molecule has 0 saturated carbocycles. The summed E-state index contributed by atoms with van der Waals surface area (Å²) in [4.78, 5) is 5.02. The van der Waals surface area contributed by atoms with Crippen LogP contribution in [0.5, 0.6) is 0 Å². The number of aromatic nitrogens is 1. The van der Waals surface area contributed by atoms with Gasteiger partial charge in [0, 0.05) is 6.54 Å². The number of oxazole rings is 1. The highest BCUT2D eigenvalue weighted by Gasteiger charge is 2.39. The topological polar surface area (TPSA) is 63.4 Å². The van der Waals surface area contributed by atoms with E-state index in [4.69, 9.17) is 9.40 Å². The number of benzene rings is 4. The molecule has 4 aromatic carbocycles. The maximum atomic E-state index is 13.6. The summed E-state index contributed by atoms with van der Waals surface area (Å²) in [6, 6.07) is 28.7. The van der Waals surface area contributed by atoms with E-state index >= 15 is 0 Å². The molecule has 1 atom stereocenters. The van der Waals surface area contributed by atoms with Gasteiger partial charge < -0.3 is 4.42 Å². The van der Waals surface area contributed by atoms with Crippen molar-refractivity contribution >= 4 is 31.9 Å². The summed E-state index contributed by atoms with van der Waals surface area (Å²) < 4.78 is 34.7. The third-order valence-corrected chi connectivity index (χ3v) is 8.23. The van der Waals surface area contributed by atoms with Crippen LogP contribution in [0.4, 0.5) is 0 Å². The molecule has 0 unspecified atom stereocenters. The van der Waals surface area contributed by atoms with Crippen LogP contribution in [0.25, 0.3) is 33.0 Å². The third kappa shape index (κ3) is 3.52. The van der Waals surface area contributed by atoms with Gasteiger partial charge in [-0.2, -0.15) is 4.31 Å². The van der Waals surface area contributed by atoms with Crippen molar-refractivity contribution in [3.8, 4) is 11.1 Å². The zero-order valence-electron chi connectivity index (χ0n) is 17.9. The average Bonchev–Trinajstić information content (AvgIpc) is 3.51. The SMILES string of the molecule is O=S(=O)(c1ccc2ccccc2c1)N1CCC[C@H]1c1nc2cc(-c3ccccc3)ccc2o1. The quantitative estimate of drug-likeness (QED) is 0.326. The van der Waals surface area contributed by atoms with E-state index in [2.05, 4.69) is 12.1 Å². The van der Waals surface area contributed by atoms with Crippen molar-refractivity contribution in [2.24, 2.45) is 0 Å². The lowest BCUT2D eigenvalue weighted by Crippen LogP contribution is -2.30. The molecule has 1 saturated heterocycles. The lowest BCUT2D eigenvalue weighted by atomic mass is 10.1. The Hall–Kier alpha value is -3.48. The summed E-state index contributed by atoms with van der Waals surface area (Å²) in [5.74, 6) is 0.456. The monoisotopic (exact) mass is 454 g/mol. The van der Waals surface area contributed by atoms with Crippen LogP contribution in [-0.4, -0.2) is 24.3 Å². The van der Waals surface area contributed by atoms with E-state index in [0.29, 0.717) is 29.3 Å². The molecule has 0 aliphatic carbocycles. The van der Waals surface area contributed by atoms with Crippen LogP contribution < -0.4 is 0 Å². The lowest BCUT2D eigenvalue weighted by Gasteiger charge is -2.22. The summed E-state index contributed by atoms with van der Waals surface area (Å²) in [6.07, 6.45) is 1.46. The van der Waals surface area contributed by atoms with Gasteiger partial charge in [0.1, 0.15) is 11.6 Å². The van der Waals surface area contributed by atoms with Gasteiger partial charge in [-0.25, -0.2) is 13.4 Å². The zero-order valence-corrected chi connectivity index (χ0v) is 18.7. The third-order valence-electron chi connectivity index (χ3n) is 6.33. The molecular formula is C27H22N2O3S. The van der Waals surface area contributed by atoms with E-state index < -0.39 is 16.1 Å². The fourth-order valence-electron chi connectivity index (χ4n) is 4.64. The molecule has 164 valence electrons. The van der Waals surface area contributed by atoms with E-state index in [-0.39, 0.29) is 0 Å². The molecular weight excluding hydrogens is 432 g/mol. The average molecular weight is 455 g/mol. The van der Waals surface area contributed by atoms with E-state index in [1.54, 1.807) is 16.4 Å². The molecule has 1 aliphatic rings. The van der Waals surface area contributed by atoms with E-state index in [1.165, 1.54) is 0 Å². The summed E-state index contributed by atoms with van der Waals surface area (Å²) in [5.41, 5.74) is 3.56. The Morgan fingerprint density at radius 2 is 1.61 bits per heavy atom. The van der Waals surface area contributed by atoms with Crippen molar-refractivity contribution in [2.45, 2.75) is 23.8 Å². The summed E-state index contributed by atoms with van der Waals surface area (Å²) in [7, 11) is -3.68. The molecule has 0 bridgehead atoms. The molecule has 0 N–H and O–H groups in total. The Kier molecular flexibility index (Phi) is 4.78. The smallest absolute Gasteiger partial charge is 0.243 e. The number of fused-ring (bicyclic) bond motifs is 2. The van der Waals surface area contributed by atoms with Crippen LogP contribution in [-0.2, 0) is 10.0 Å². The van der Waals surface area contributed by atoms with Gasteiger partial charge in [-0.05, 0) is 59.0 Å². The van der Waals surface area contributed by atoms with E-state index in [9.17, 15) is 8.42 Å². The van der Waals surface area contributed by atoms with Gasteiger partial charge in [-0.3, -0.25) is 0 Å². The second kappa shape index (κ2) is 7.83. The highest BCUT2D eigenvalue weighted by molar-refractivity contribution is 7.89. The number of sulfonamides is 1. The number of rotatable bonds is 4. The van der Waals surface area contributed by atoms with Crippen LogP contribution in [0, 0.1) is 0 Å². The first kappa shape index (κ1) is 20.1. The van der Waals surface area contributed by atoms with Crippen LogP contribution in [0.2, 0.25) is 0 Å². The van der Waals surface area contributed by atoms with Gasteiger partial charge in [-0.15, -0.1) is 0 Å². The Morgan fingerprint density at radius 1 is 0.818 bits per heavy atom. The predicted octanol–water partition coefficient (Wildman–Crippen LogP) is 6.17. The minimum atomic E-state index is -3.68. The fourth-order valence-corrected chi connectivity index (χ4v) is 6.32. The molecule has 2 heterocycles. The second-order valence-corrected chi connectivity index (χ2v) is 10.3. The molecule has 0 amide bonds. The summed E-state index contributed by atoms with van der Waals surface area (Å²) >= 11 is 0. The molecule has 33 heavy (non-hydrogen) atoms. The molecule has 5 aromatic rings. The normalized spacial score (nSPS) is 17.2. The van der Waals surface area contributed by atoms with Crippen LogP contribution in [0.15, 0.2) is 100 Å². The Bertz CT molecular complexity index is 1580. The zero-order chi connectivity index (χ0) is 22.4. The number of hydrogen-bond donors (Lipinski definition) is 0. The molecule has 5 nitrogen and oxygen atoms in total. The Morgan fingerprint density at radius 3 is 2.45 bits per heavy atom. The largest absolute Gasteiger partial charge is 0.439 e.